The second-order valence-corrected chi connectivity index (χ2v) is 5.99. The van der Waals surface area contributed by atoms with Crippen molar-refractivity contribution in [3.05, 3.63) is 70.6 Å². The number of halogens is 1. The fourth-order valence-corrected chi connectivity index (χ4v) is 2.43. The van der Waals surface area contributed by atoms with Gasteiger partial charge in [-0.1, -0.05) is 34.5 Å². The lowest BCUT2D eigenvalue weighted by atomic mass is 10.1. The first-order valence-corrected chi connectivity index (χ1v) is 7.81. The Kier molecular flexibility index (Phi) is 4.62. The molecule has 0 spiro atoms. The summed E-state index contributed by atoms with van der Waals surface area (Å²) in [7, 11) is 1.71. The molecule has 3 aromatic rings. The van der Waals surface area contributed by atoms with Gasteiger partial charge in [-0.05, 0) is 43.3 Å². The van der Waals surface area contributed by atoms with Crippen molar-refractivity contribution in [2.75, 3.05) is 7.05 Å². The van der Waals surface area contributed by atoms with Crippen LogP contribution in [0.1, 0.15) is 21.8 Å². The zero-order chi connectivity index (χ0) is 17.1. The molecule has 1 amide bonds. The number of aromatic nitrogens is 2. The molecule has 0 aliphatic heterocycles. The van der Waals surface area contributed by atoms with Gasteiger partial charge >= 0.3 is 0 Å². The van der Waals surface area contributed by atoms with Crippen LogP contribution in [0, 0.1) is 6.92 Å². The first kappa shape index (κ1) is 16.2. The predicted molar refractivity (Wildman–Crippen MR) is 91.7 cm³/mol. The van der Waals surface area contributed by atoms with Gasteiger partial charge in [0, 0.05) is 23.2 Å². The van der Waals surface area contributed by atoms with E-state index in [-0.39, 0.29) is 12.5 Å². The highest BCUT2D eigenvalue weighted by Gasteiger charge is 2.16. The van der Waals surface area contributed by atoms with Crippen molar-refractivity contribution in [1.29, 1.82) is 0 Å². The van der Waals surface area contributed by atoms with E-state index in [2.05, 4.69) is 10.1 Å². The standard InChI is InChI=1S/C18H16ClN3O2/c1-12-4-3-5-14(10-12)18(23)22(2)11-16-20-17(21-24-16)13-6-8-15(19)9-7-13/h3-10H,11H2,1-2H3. The van der Waals surface area contributed by atoms with Crippen LogP contribution < -0.4 is 0 Å². The fourth-order valence-electron chi connectivity index (χ4n) is 2.31. The fraction of sp³-hybridized carbons (Fsp3) is 0.167. The summed E-state index contributed by atoms with van der Waals surface area (Å²) in [6.07, 6.45) is 0. The monoisotopic (exact) mass is 341 g/mol. The van der Waals surface area contributed by atoms with E-state index in [0.29, 0.717) is 22.3 Å². The van der Waals surface area contributed by atoms with Crippen LogP contribution in [0.4, 0.5) is 0 Å². The van der Waals surface area contributed by atoms with Gasteiger partial charge in [-0.2, -0.15) is 4.98 Å². The molecule has 0 N–H and O–H groups in total. The predicted octanol–water partition coefficient (Wildman–Crippen LogP) is 3.97. The lowest BCUT2D eigenvalue weighted by molar-refractivity contribution is 0.0769. The molecule has 6 heteroatoms. The van der Waals surface area contributed by atoms with E-state index < -0.39 is 0 Å². The van der Waals surface area contributed by atoms with Gasteiger partial charge in [-0.3, -0.25) is 4.79 Å². The maximum Gasteiger partial charge on any atom is 0.254 e. The lowest BCUT2D eigenvalue weighted by Crippen LogP contribution is -2.26. The van der Waals surface area contributed by atoms with Crippen molar-refractivity contribution in [1.82, 2.24) is 15.0 Å². The molecule has 0 radical (unpaired) electrons. The van der Waals surface area contributed by atoms with Gasteiger partial charge in [-0.15, -0.1) is 0 Å². The van der Waals surface area contributed by atoms with Crippen LogP contribution in [0.2, 0.25) is 5.02 Å². The van der Waals surface area contributed by atoms with Crippen LogP contribution in [0.5, 0.6) is 0 Å². The van der Waals surface area contributed by atoms with E-state index >= 15 is 0 Å². The van der Waals surface area contributed by atoms with Gasteiger partial charge in [0.2, 0.25) is 11.7 Å². The third-order valence-electron chi connectivity index (χ3n) is 3.55. The second-order valence-electron chi connectivity index (χ2n) is 5.55. The molecule has 5 nitrogen and oxygen atoms in total. The summed E-state index contributed by atoms with van der Waals surface area (Å²) in [5.41, 5.74) is 2.48. The largest absolute Gasteiger partial charge is 0.337 e. The van der Waals surface area contributed by atoms with E-state index in [0.717, 1.165) is 11.1 Å². The maximum absolute atomic E-state index is 12.4. The highest BCUT2D eigenvalue weighted by Crippen LogP contribution is 2.19. The summed E-state index contributed by atoms with van der Waals surface area (Å²) < 4.78 is 5.24. The average molecular weight is 342 g/mol. The van der Waals surface area contributed by atoms with Gasteiger partial charge in [-0.25, -0.2) is 0 Å². The molecule has 0 bridgehead atoms. The molecule has 2 aromatic carbocycles. The Morgan fingerprint density at radius 1 is 1.21 bits per heavy atom. The number of aryl methyl sites for hydroxylation is 1. The van der Waals surface area contributed by atoms with Crippen LogP contribution >= 0.6 is 11.6 Å². The summed E-state index contributed by atoms with van der Waals surface area (Å²) in [5.74, 6) is 0.756. The molecule has 3 rings (SSSR count). The SMILES string of the molecule is Cc1cccc(C(=O)N(C)Cc2nc(-c3ccc(Cl)cc3)no2)c1. The van der Waals surface area contributed by atoms with Crippen LogP contribution in [0.3, 0.4) is 0 Å². The first-order chi connectivity index (χ1) is 11.5. The van der Waals surface area contributed by atoms with Gasteiger partial charge < -0.3 is 9.42 Å². The molecule has 1 heterocycles. The van der Waals surface area contributed by atoms with Crippen LogP contribution in [0.15, 0.2) is 53.1 Å². The zero-order valence-corrected chi connectivity index (χ0v) is 14.1. The van der Waals surface area contributed by atoms with Gasteiger partial charge in [0.25, 0.3) is 5.91 Å². The minimum atomic E-state index is -0.0926. The minimum Gasteiger partial charge on any atom is -0.337 e. The number of rotatable bonds is 4. The number of hydrogen-bond acceptors (Lipinski definition) is 4. The van der Waals surface area contributed by atoms with E-state index in [1.165, 1.54) is 0 Å². The summed E-state index contributed by atoms with van der Waals surface area (Å²) in [5, 5.41) is 4.59. The summed E-state index contributed by atoms with van der Waals surface area (Å²) >= 11 is 5.87. The molecule has 0 unspecified atom stereocenters. The lowest BCUT2D eigenvalue weighted by Gasteiger charge is -2.14. The van der Waals surface area contributed by atoms with E-state index in [1.807, 2.05) is 37.3 Å². The molecule has 0 saturated heterocycles. The molecule has 0 aliphatic rings. The summed E-state index contributed by atoms with van der Waals surface area (Å²) in [4.78, 5) is 18.3. The van der Waals surface area contributed by atoms with Crippen molar-refractivity contribution in [2.24, 2.45) is 0 Å². The van der Waals surface area contributed by atoms with Crippen molar-refractivity contribution >= 4 is 17.5 Å². The molecule has 0 saturated carbocycles. The second kappa shape index (κ2) is 6.84. The summed E-state index contributed by atoms with van der Waals surface area (Å²) in [6, 6.07) is 14.6. The van der Waals surface area contributed by atoms with Crippen molar-refractivity contribution in [2.45, 2.75) is 13.5 Å². The normalized spacial score (nSPS) is 10.6. The van der Waals surface area contributed by atoms with Crippen LogP contribution in [-0.4, -0.2) is 28.0 Å². The molecule has 1 aromatic heterocycles. The smallest absolute Gasteiger partial charge is 0.254 e. The third-order valence-corrected chi connectivity index (χ3v) is 3.81. The van der Waals surface area contributed by atoms with Gasteiger partial charge in [0.1, 0.15) is 0 Å². The topological polar surface area (TPSA) is 59.2 Å². The summed E-state index contributed by atoms with van der Waals surface area (Å²) in [6.45, 7) is 2.19. The number of carbonyl (C=O) groups is 1. The average Bonchev–Trinajstić information content (AvgIpc) is 3.03. The van der Waals surface area contributed by atoms with E-state index in [9.17, 15) is 4.79 Å². The zero-order valence-electron chi connectivity index (χ0n) is 13.4. The van der Waals surface area contributed by atoms with Gasteiger partial charge in [0.15, 0.2) is 0 Å². The highest BCUT2D eigenvalue weighted by atomic mass is 35.5. The van der Waals surface area contributed by atoms with Crippen molar-refractivity contribution in [3.63, 3.8) is 0 Å². The van der Waals surface area contributed by atoms with Crippen LogP contribution in [0.25, 0.3) is 11.4 Å². The Bertz CT molecular complexity index is 859. The van der Waals surface area contributed by atoms with Gasteiger partial charge in [0.05, 0.1) is 6.54 Å². The Hall–Kier alpha value is -2.66. The van der Waals surface area contributed by atoms with Crippen molar-refractivity contribution < 1.29 is 9.32 Å². The molecular formula is C18H16ClN3O2. The molecule has 0 atom stereocenters. The molecule has 0 aliphatic carbocycles. The number of nitrogens with zero attached hydrogens (tertiary/aromatic N) is 3. The Morgan fingerprint density at radius 3 is 2.67 bits per heavy atom. The quantitative estimate of drug-likeness (QED) is 0.720. The van der Waals surface area contributed by atoms with Crippen LogP contribution in [-0.2, 0) is 6.54 Å². The number of hydrogen-bond donors (Lipinski definition) is 0. The van der Waals surface area contributed by atoms with E-state index in [4.69, 9.17) is 16.1 Å². The maximum atomic E-state index is 12.4. The highest BCUT2D eigenvalue weighted by molar-refractivity contribution is 6.30. The van der Waals surface area contributed by atoms with Crippen molar-refractivity contribution in [3.8, 4) is 11.4 Å². The first-order valence-electron chi connectivity index (χ1n) is 7.43. The molecule has 122 valence electrons. The number of benzene rings is 2. The minimum absolute atomic E-state index is 0.0926. The number of carbonyl (C=O) groups excluding carboxylic acids is 1. The Morgan fingerprint density at radius 2 is 1.96 bits per heavy atom. The Labute approximate surface area is 144 Å². The molecular weight excluding hydrogens is 326 g/mol. The molecule has 0 fully saturated rings. The Balaban J connectivity index is 1.72. The molecule has 24 heavy (non-hydrogen) atoms. The number of amides is 1. The third kappa shape index (κ3) is 3.63. The van der Waals surface area contributed by atoms with E-state index in [1.54, 1.807) is 30.1 Å².